The second-order valence-corrected chi connectivity index (χ2v) is 3.60. The maximum Gasteiger partial charge on any atom is 0.325 e. The number of hydrogen-bond acceptors (Lipinski definition) is 4. The van der Waals surface area contributed by atoms with Crippen molar-refractivity contribution in [2.75, 3.05) is 20.8 Å². The topological polar surface area (TPSA) is 47.6 Å². The minimum Gasteiger partial charge on any atom is -0.468 e. The average molecular weight is 203 g/mol. The van der Waals surface area contributed by atoms with Crippen LogP contribution in [0.5, 0.6) is 0 Å². The molecular formula is C10H21NO3. The molecule has 0 rings (SSSR count). The number of carbonyl (C=O) groups excluding carboxylic acids is 1. The van der Waals surface area contributed by atoms with E-state index in [1.54, 1.807) is 7.11 Å². The van der Waals surface area contributed by atoms with Crippen molar-refractivity contribution in [2.24, 2.45) is 0 Å². The molecule has 2 unspecified atom stereocenters. The van der Waals surface area contributed by atoms with Crippen LogP contribution in [-0.4, -0.2) is 38.4 Å². The van der Waals surface area contributed by atoms with Gasteiger partial charge in [-0.25, -0.2) is 0 Å². The summed E-state index contributed by atoms with van der Waals surface area (Å²) in [7, 11) is 3.03. The first-order chi connectivity index (χ1) is 6.50. The van der Waals surface area contributed by atoms with Crippen molar-refractivity contribution in [2.45, 2.75) is 38.8 Å². The third-order valence-electron chi connectivity index (χ3n) is 2.30. The molecule has 0 bridgehead atoms. The van der Waals surface area contributed by atoms with Crippen molar-refractivity contribution in [3.05, 3.63) is 0 Å². The molecule has 0 spiro atoms. The van der Waals surface area contributed by atoms with Crippen LogP contribution in [0.4, 0.5) is 0 Å². The maximum atomic E-state index is 11.5. The number of carbonyl (C=O) groups is 1. The van der Waals surface area contributed by atoms with Crippen LogP contribution in [0, 0.1) is 0 Å². The number of esters is 1. The number of ether oxygens (including phenoxy) is 2. The van der Waals surface area contributed by atoms with E-state index in [0.717, 1.165) is 6.54 Å². The second kappa shape index (κ2) is 5.98. The average Bonchev–Trinajstić information content (AvgIpc) is 2.16. The summed E-state index contributed by atoms with van der Waals surface area (Å²) in [4.78, 5) is 11.5. The molecule has 4 heteroatoms. The molecule has 84 valence electrons. The van der Waals surface area contributed by atoms with Gasteiger partial charge < -0.3 is 14.8 Å². The molecule has 0 heterocycles. The van der Waals surface area contributed by atoms with E-state index in [1.807, 2.05) is 20.8 Å². The molecule has 0 saturated heterocycles. The predicted molar refractivity (Wildman–Crippen MR) is 55.2 cm³/mol. The maximum absolute atomic E-state index is 11.5. The van der Waals surface area contributed by atoms with Crippen molar-refractivity contribution in [1.82, 2.24) is 5.32 Å². The minimum absolute atomic E-state index is 0.0261. The Morgan fingerprint density at radius 2 is 2.07 bits per heavy atom. The van der Waals surface area contributed by atoms with E-state index in [9.17, 15) is 4.79 Å². The summed E-state index contributed by atoms with van der Waals surface area (Å²) in [5, 5.41) is 3.12. The first kappa shape index (κ1) is 13.4. The van der Waals surface area contributed by atoms with Crippen molar-refractivity contribution in [1.29, 1.82) is 0 Å². The molecule has 0 aliphatic heterocycles. The van der Waals surface area contributed by atoms with Crippen LogP contribution < -0.4 is 5.32 Å². The van der Waals surface area contributed by atoms with Gasteiger partial charge in [0, 0.05) is 13.5 Å². The molecule has 0 amide bonds. The zero-order valence-electron chi connectivity index (χ0n) is 9.72. The lowest BCUT2D eigenvalue weighted by Crippen LogP contribution is -2.52. The van der Waals surface area contributed by atoms with Crippen LogP contribution >= 0.6 is 0 Å². The lowest BCUT2D eigenvalue weighted by molar-refractivity contribution is -0.149. The van der Waals surface area contributed by atoms with Gasteiger partial charge in [-0.2, -0.15) is 0 Å². The third kappa shape index (κ3) is 3.64. The van der Waals surface area contributed by atoms with E-state index in [0.29, 0.717) is 6.42 Å². The standard InChI is InChI=1S/C10H21NO3/c1-6-11-10(3,9(12)14-5)7-8(2)13-4/h8,11H,6-7H2,1-5H3. The van der Waals surface area contributed by atoms with Gasteiger partial charge in [0.2, 0.25) is 0 Å². The largest absolute Gasteiger partial charge is 0.468 e. The van der Waals surface area contributed by atoms with Crippen molar-refractivity contribution >= 4 is 5.97 Å². The van der Waals surface area contributed by atoms with Crippen molar-refractivity contribution < 1.29 is 14.3 Å². The Morgan fingerprint density at radius 3 is 2.43 bits per heavy atom. The van der Waals surface area contributed by atoms with E-state index in [-0.39, 0.29) is 12.1 Å². The van der Waals surface area contributed by atoms with Crippen LogP contribution in [-0.2, 0) is 14.3 Å². The fraction of sp³-hybridized carbons (Fsp3) is 0.900. The monoisotopic (exact) mass is 203 g/mol. The molecular weight excluding hydrogens is 182 g/mol. The fourth-order valence-electron chi connectivity index (χ4n) is 1.50. The summed E-state index contributed by atoms with van der Waals surface area (Å²) in [6.07, 6.45) is 0.627. The molecule has 0 aliphatic carbocycles. The van der Waals surface area contributed by atoms with Gasteiger partial charge in [-0.05, 0) is 20.4 Å². The molecule has 0 aromatic rings. The molecule has 0 fully saturated rings. The Hall–Kier alpha value is -0.610. The zero-order chi connectivity index (χ0) is 11.2. The summed E-state index contributed by atoms with van der Waals surface area (Å²) < 4.78 is 9.90. The quantitative estimate of drug-likeness (QED) is 0.653. The lowest BCUT2D eigenvalue weighted by Gasteiger charge is -2.29. The van der Waals surface area contributed by atoms with Gasteiger partial charge in [-0.3, -0.25) is 4.79 Å². The Morgan fingerprint density at radius 1 is 1.50 bits per heavy atom. The molecule has 0 aromatic heterocycles. The number of nitrogens with one attached hydrogen (secondary N) is 1. The predicted octanol–water partition coefficient (Wildman–Crippen LogP) is 0.953. The van der Waals surface area contributed by atoms with E-state index in [2.05, 4.69) is 5.32 Å². The smallest absolute Gasteiger partial charge is 0.325 e. The summed E-state index contributed by atoms with van der Waals surface area (Å²) in [5.41, 5.74) is -0.654. The molecule has 0 saturated carbocycles. The Balaban J connectivity index is 4.45. The van der Waals surface area contributed by atoms with Crippen LogP contribution in [0.25, 0.3) is 0 Å². The highest BCUT2D eigenvalue weighted by Gasteiger charge is 2.34. The van der Waals surface area contributed by atoms with Gasteiger partial charge in [-0.1, -0.05) is 6.92 Å². The second-order valence-electron chi connectivity index (χ2n) is 3.60. The molecule has 0 radical (unpaired) electrons. The normalized spacial score (nSPS) is 17.2. The molecule has 1 N–H and O–H groups in total. The minimum atomic E-state index is -0.654. The van der Waals surface area contributed by atoms with E-state index >= 15 is 0 Å². The summed E-state index contributed by atoms with van der Waals surface area (Å²) >= 11 is 0. The molecule has 0 aliphatic rings. The van der Waals surface area contributed by atoms with Crippen LogP contribution in [0.1, 0.15) is 27.2 Å². The Kier molecular flexibility index (Phi) is 5.72. The highest BCUT2D eigenvalue weighted by Crippen LogP contribution is 2.15. The third-order valence-corrected chi connectivity index (χ3v) is 2.30. The lowest BCUT2D eigenvalue weighted by atomic mass is 9.95. The number of rotatable bonds is 6. The van der Waals surface area contributed by atoms with Crippen LogP contribution in [0.2, 0.25) is 0 Å². The first-order valence-electron chi connectivity index (χ1n) is 4.86. The Labute approximate surface area is 86.0 Å². The van der Waals surface area contributed by atoms with Crippen molar-refractivity contribution in [3.63, 3.8) is 0 Å². The Bertz CT molecular complexity index is 184. The first-order valence-corrected chi connectivity index (χ1v) is 4.86. The van der Waals surface area contributed by atoms with Crippen molar-refractivity contribution in [3.8, 4) is 0 Å². The SMILES string of the molecule is CCNC(C)(CC(C)OC)C(=O)OC. The van der Waals surface area contributed by atoms with Gasteiger partial charge in [0.15, 0.2) is 0 Å². The fourth-order valence-corrected chi connectivity index (χ4v) is 1.50. The summed E-state index contributed by atoms with van der Waals surface area (Å²) in [5.74, 6) is -0.247. The highest BCUT2D eigenvalue weighted by molar-refractivity contribution is 5.80. The number of methoxy groups -OCH3 is 2. The zero-order valence-corrected chi connectivity index (χ0v) is 9.72. The van der Waals surface area contributed by atoms with Gasteiger partial charge in [-0.15, -0.1) is 0 Å². The van der Waals surface area contributed by atoms with E-state index < -0.39 is 5.54 Å². The molecule has 4 nitrogen and oxygen atoms in total. The van der Waals surface area contributed by atoms with Gasteiger partial charge in [0.1, 0.15) is 5.54 Å². The molecule has 14 heavy (non-hydrogen) atoms. The molecule has 2 atom stereocenters. The van der Waals surface area contributed by atoms with Gasteiger partial charge in [0.05, 0.1) is 13.2 Å². The van der Waals surface area contributed by atoms with Gasteiger partial charge in [0.25, 0.3) is 0 Å². The van der Waals surface area contributed by atoms with Crippen LogP contribution in [0.3, 0.4) is 0 Å². The summed E-state index contributed by atoms with van der Waals surface area (Å²) in [6.45, 7) is 6.44. The number of hydrogen-bond donors (Lipinski definition) is 1. The summed E-state index contributed by atoms with van der Waals surface area (Å²) in [6, 6.07) is 0. The molecule has 0 aromatic carbocycles. The van der Waals surface area contributed by atoms with E-state index in [1.165, 1.54) is 7.11 Å². The van der Waals surface area contributed by atoms with Crippen LogP contribution in [0.15, 0.2) is 0 Å². The highest BCUT2D eigenvalue weighted by atomic mass is 16.5. The number of likely N-dealkylation sites (N-methyl/N-ethyl adjacent to an activating group) is 1. The van der Waals surface area contributed by atoms with E-state index in [4.69, 9.17) is 9.47 Å². The van der Waals surface area contributed by atoms with Gasteiger partial charge >= 0.3 is 5.97 Å².